The lowest BCUT2D eigenvalue weighted by molar-refractivity contribution is 0.0859. The standard InChI is InChI=1S/C15H21ClO3S/c1-20(18,19)14-4-2-3-12(10-14)15(17)9-11-5-7-13(16)8-6-11/h5-8,12,14-15,17H,2-4,9-10H2,1H3. The lowest BCUT2D eigenvalue weighted by atomic mass is 9.83. The van der Waals surface area contributed by atoms with Gasteiger partial charge in [-0.25, -0.2) is 8.42 Å². The Morgan fingerprint density at radius 1 is 1.30 bits per heavy atom. The Kier molecular flexibility index (Phi) is 5.10. The predicted octanol–water partition coefficient (Wildman–Crippen LogP) is 2.85. The zero-order valence-corrected chi connectivity index (χ0v) is 13.2. The Morgan fingerprint density at radius 3 is 2.55 bits per heavy atom. The van der Waals surface area contributed by atoms with Crippen molar-refractivity contribution in [3.05, 3.63) is 34.9 Å². The smallest absolute Gasteiger partial charge is 0.150 e. The lowest BCUT2D eigenvalue weighted by Crippen LogP contribution is -2.34. The summed E-state index contributed by atoms with van der Waals surface area (Å²) in [6, 6.07) is 7.43. The summed E-state index contributed by atoms with van der Waals surface area (Å²) in [4.78, 5) is 0. The summed E-state index contributed by atoms with van der Waals surface area (Å²) >= 11 is 5.84. The van der Waals surface area contributed by atoms with Crippen molar-refractivity contribution in [3.8, 4) is 0 Å². The van der Waals surface area contributed by atoms with Gasteiger partial charge in [-0.1, -0.05) is 30.2 Å². The van der Waals surface area contributed by atoms with Crippen LogP contribution < -0.4 is 0 Å². The Hall–Kier alpha value is -0.580. The van der Waals surface area contributed by atoms with Crippen LogP contribution in [0.15, 0.2) is 24.3 Å². The van der Waals surface area contributed by atoms with E-state index in [-0.39, 0.29) is 11.2 Å². The van der Waals surface area contributed by atoms with E-state index in [9.17, 15) is 13.5 Å². The molecular formula is C15H21ClO3S. The molecule has 20 heavy (non-hydrogen) atoms. The van der Waals surface area contributed by atoms with Crippen molar-refractivity contribution in [3.63, 3.8) is 0 Å². The van der Waals surface area contributed by atoms with Gasteiger partial charge in [-0.2, -0.15) is 0 Å². The summed E-state index contributed by atoms with van der Waals surface area (Å²) in [6.45, 7) is 0. The number of aliphatic hydroxyl groups is 1. The van der Waals surface area contributed by atoms with E-state index >= 15 is 0 Å². The van der Waals surface area contributed by atoms with Gasteiger partial charge in [0, 0.05) is 11.3 Å². The summed E-state index contributed by atoms with van der Waals surface area (Å²) in [6.07, 6.45) is 4.45. The zero-order chi connectivity index (χ0) is 14.8. The molecule has 112 valence electrons. The molecule has 1 aromatic rings. The van der Waals surface area contributed by atoms with Crippen molar-refractivity contribution in [2.45, 2.75) is 43.5 Å². The predicted molar refractivity (Wildman–Crippen MR) is 81.8 cm³/mol. The minimum absolute atomic E-state index is 0.0687. The summed E-state index contributed by atoms with van der Waals surface area (Å²) in [5, 5.41) is 10.7. The third-order valence-electron chi connectivity index (χ3n) is 4.17. The highest BCUT2D eigenvalue weighted by molar-refractivity contribution is 7.91. The fourth-order valence-electron chi connectivity index (χ4n) is 2.95. The van der Waals surface area contributed by atoms with Gasteiger partial charge in [-0.05, 0) is 49.3 Å². The van der Waals surface area contributed by atoms with Gasteiger partial charge < -0.3 is 5.11 Å². The third kappa shape index (κ3) is 4.21. The largest absolute Gasteiger partial charge is 0.392 e. The number of hydrogen-bond donors (Lipinski definition) is 1. The van der Waals surface area contributed by atoms with Gasteiger partial charge in [-0.3, -0.25) is 0 Å². The van der Waals surface area contributed by atoms with Crippen LogP contribution in [0.25, 0.3) is 0 Å². The molecule has 1 saturated carbocycles. The highest BCUT2D eigenvalue weighted by atomic mass is 35.5. The van der Waals surface area contributed by atoms with E-state index in [2.05, 4.69) is 0 Å². The number of benzene rings is 1. The number of aliphatic hydroxyl groups excluding tert-OH is 1. The van der Waals surface area contributed by atoms with Gasteiger partial charge in [-0.15, -0.1) is 0 Å². The molecular weight excluding hydrogens is 296 g/mol. The molecule has 1 aliphatic carbocycles. The van der Waals surface area contributed by atoms with Crippen molar-refractivity contribution in [1.29, 1.82) is 0 Å². The number of sulfone groups is 1. The quantitative estimate of drug-likeness (QED) is 0.929. The molecule has 0 aromatic heterocycles. The molecule has 0 bridgehead atoms. The van der Waals surface area contributed by atoms with E-state index < -0.39 is 15.9 Å². The van der Waals surface area contributed by atoms with Crippen LogP contribution in [0.4, 0.5) is 0 Å². The zero-order valence-electron chi connectivity index (χ0n) is 11.6. The average Bonchev–Trinajstić information content (AvgIpc) is 2.40. The summed E-state index contributed by atoms with van der Waals surface area (Å²) in [7, 11) is -3.00. The van der Waals surface area contributed by atoms with Crippen molar-refractivity contribution >= 4 is 21.4 Å². The topological polar surface area (TPSA) is 54.4 Å². The molecule has 3 unspecified atom stereocenters. The highest BCUT2D eigenvalue weighted by Gasteiger charge is 2.32. The van der Waals surface area contributed by atoms with Crippen molar-refractivity contribution in [1.82, 2.24) is 0 Å². The highest BCUT2D eigenvalue weighted by Crippen LogP contribution is 2.31. The molecule has 3 atom stereocenters. The van der Waals surface area contributed by atoms with Crippen LogP contribution in [0, 0.1) is 5.92 Å². The van der Waals surface area contributed by atoms with Crippen LogP contribution in [0.5, 0.6) is 0 Å². The van der Waals surface area contributed by atoms with E-state index in [1.54, 1.807) is 0 Å². The van der Waals surface area contributed by atoms with Crippen LogP contribution in [0.1, 0.15) is 31.2 Å². The van der Waals surface area contributed by atoms with Gasteiger partial charge in [0.05, 0.1) is 11.4 Å². The molecule has 1 fully saturated rings. The Bertz CT molecular complexity index is 539. The van der Waals surface area contributed by atoms with Crippen LogP contribution >= 0.6 is 11.6 Å². The van der Waals surface area contributed by atoms with E-state index in [4.69, 9.17) is 11.6 Å². The number of hydrogen-bond acceptors (Lipinski definition) is 3. The minimum atomic E-state index is -3.00. The maximum absolute atomic E-state index is 11.7. The molecule has 1 N–H and O–H groups in total. The number of halogens is 1. The van der Waals surface area contributed by atoms with E-state index in [0.717, 1.165) is 24.8 Å². The van der Waals surface area contributed by atoms with E-state index in [1.807, 2.05) is 24.3 Å². The maximum atomic E-state index is 11.7. The average molecular weight is 317 g/mol. The van der Waals surface area contributed by atoms with Crippen LogP contribution in [-0.4, -0.2) is 31.1 Å². The lowest BCUT2D eigenvalue weighted by Gasteiger charge is -2.31. The molecule has 1 aliphatic rings. The molecule has 0 amide bonds. The fraction of sp³-hybridized carbons (Fsp3) is 0.600. The molecule has 0 saturated heterocycles. The summed E-state index contributed by atoms with van der Waals surface area (Å²) < 4.78 is 23.3. The second-order valence-electron chi connectivity index (χ2n) is 5.78. The second kappa shape index (κ2) is 6.46. The van der Waals surface area contributed by atoms with Gasteiger partial charge >= 0.3 is 0 Å². The van der Waals surface area contributed by atoms with E-state index in [0.29, 0.717) is 17.9 Å². The van der Waals surface area contributed by atoms with Gasteiger partial charge in [0.1, 0.15) is 9.84 Å². The molecule has 0 radical (unpaired) electrons. The Balaban J connectivity index is 1.98. The first-order valence-electron chi connectivity index (χ1n) is 6.97. The molecule has 1 aromatic carbocycles. The first-order valence-corrected chi connectivity index (χ1v) is 9.31. The third-order valence-corrected chi connectivity index (χ3v) is 6.07. The normalized spacial score (nSPS) is 25.4. The van der Waals surface area contributed by atoms with Crippen LogP contribution in [-0.2, 0) is 16.3 Å². The Morgan fingerprint density at radius 2 is 1.95 bits per heavy atom. The first kappa shape index (κ1) is 15.8. The maximum Gasteiger partial charge on any atom is 0.150 e. The van der Waals surface area contributed by atoms with Gasteiger partial charge in [0.2, 0.25) is 0 Å². The Labute approximate surface area is 125 Å². The second-order valence-corrected chi connectivity index (χ2v) is 8.54. The monoisotopic (exact) mass is 316 g/mol. The molecule has 3 nitrogen and oxygen atoms in total. The van der Waals surface area contributed by atoms with Crippen molar-refractivity contribution in [2.24, 2.45) is 5.92 Å². The SMILES string of the molecule is CS(=O)(=O)C1CCCC(C(O)Cc2ccc(Cl)cc2)C1. The van der Waals surface area contributed by atoms with Gasteiger partial charge in [0.25, 0.3) is 0 Å². The summed E-state index contributed by atoms with van der Waals surface area (Å²) in [5.41, 5.74) is 1.03. The van der Waals surface area contributed by atoms with Crippen molar-refractivity contribution in [2.75, 3.05) is 6.26 Å². The molecule has 0 aliphatic heterocycles. The summed E-state index contributed by atoms with van der Waals surface area (Å²) in [5.74, 6) is 0.0687. The van der Waals surface area contributed by atoms with E-state index in [1.165, 1.54) is 6.26 Å². The fourth-order valence-corrected chi connectivity index (χ4v) is 4.27. The molecule has 2 rings (SSSR count). The first-order chi connectivity index (χ1) is 9.36. The van der Waals surface area contributed by atoms with Gasteiger partial charge in [0.15, 0.2) is 0 Å². The van der Waals surface area contributed by atoms with Crippen molar-refractivity contribution < 1.29 is 13.5 Å². The molecule has 0 spiro atoms. The minimum Gasteiger partial charge on any atom is -0.392 e. The number of rotatable bonds is 4. The molecule has 5 heteroatoms. The molecule has 0 heterocycles. The van der Waals surface area contributed by atoms with Crippen LogP contribution in [0.2, 0.25) is 5.02 Å². The van der Waals surface area contributed by atoms with Crippen LogP contribution in [0.3, 0.4) is 0 Å².